The number of ketones is 1. The van der Waals surface area contributed by atoms with E-state index in [0.717, 1.165) is 23.1 Å². The highest BCUT2D eigenvalue weighted by Crippen LogP contribution is 2.45. The van der Waals surface area contributed by atoms with Gasteiger partial charge in [-0.2, -0.15) is 0 Å². The first kappa shape index (κ1) is 15.8. The molecular formula is C22H20O3. The van der Waals surface area contributed by atoms with Gasteiger partial charge in [0.15, 0.2) is 12.1 Å². The zero-order valence-electron chi connectivity index (χ0n) is 13.9. The van der Waals surface area contributed by atoms with Crippen molar-refractivity contribution in [2.45, 2.75) is 19.3 Å². The van der Waals surface area contributed by atoms with Crippen LogP contribution < -0.4 is 0 Å². The predicted molar refractivity (Wildman–Crippen MR) is 96.7 cm³/mol. The van der Waals surface area contributed by atoms with Gasteiger partial charge in [-0.05, 0) is 53.9 Å². The molecule has 3 unspecified atom stereocenters. The highest BCUT2D eigenvalue weighted by Gasteiger charge is 2.36. The van der Waals surface area contributed by atoms with Crippen molar-refractivity contribution < 1.29 is 14.7 Å². The minimum absolute atomic E-state index is 0.0227. The molecule has 1 saturated carbocycles. The fraction of sp³-hybridized carbons (Fsp3) is 0.273. The number of rotatable bonds is 5. The number of aromatic hydroxyl groups is 1. The molecule has 2 aliphatic rings. The summed E-state index contributed by atoms with van der Waals surface area (Å²) in [6.45, 7) is 0. The fourth-order valence-electron chi connectivity index (χ4n) is 4.16. The van der Waals surface area contributed by atoms with Crippen molar-refractivity contribution in [2.24, 2.45) is 17.8 Å². The van der Waals surface area contributed by atoms with E-state index >= 15 is 0 Å². The van der Waals surface area contributed by atoms with Gasteiger partial charge in [-0.1, -0.05) is 42.5 Å². The monoisotopic (exact) mass is 332 g/mol. The van der Waals surface area contributed by atoms with Crippen LogP contribution in [0, 0.1) is 17.8 Å². The second-order valence-electron chi connectivity index (χ2n) is 7.14. The predicted octanol–water partition coefficient (Wildman–Crippen LogP) is 4.66. The maximum absolute atomic E-state index is 12.6. The molecule has 0 heterocycles. The second-order valence-corrected chi connectivity index (χ2v) is 7.14. The van der Waals surface area contributed by atoms with Gasteiger partial charge in [0.25, 0.3) is 0 Å². The summed E-state index contributed by atoms with van der Waals surface area (Å²) in [6, 6.07) is 12.4. The molecule has 3 atom stereocenters. The van der Waals surface area contributed by atoms with Crippen molar-refractivity contribution in [3.63, 3.8) is 0 Å². The van der Waals surface area contributed by atoms with Crippen LogP contribution in [0.25, 0.3) is 11.1 Å². The van der Waals surface area contributed by atoms with Crippen molar-refractivity contribution >= 4 is 12.1 Å². The Labute approximate surface area is 147 Å². The van der Waals surface area contributed by atoms with Gasteiger partial charge in [0, 0.05) is 12.0 Å². The van der Waals surface area contributed by atoms with E-state index in [4.69, 9.17) is 0 Å². The molecule has 0 radical (unpaired) electrons. The zero-order valence-corrected chi connectivity index (χ0v) is 13.9. The smallest absolute Gasteiger partial charge is 0.163 e. The maximum Gasteiger partial charge on any atom is 0.163 e. The molecule has 0 amide bonds. The molecule has 4 rings (SSSR count). The Hall–Kier alpha value is -2.68. The van der Waals surface area contributed by atoms with Gasteiger partial charge in [-0.15, -0.1) is 0 Å². The number of hydrogen-bond donors (Lipinski definition) is 1. The fourth-order valence-corrected chi connectivity index (χ4v) is 4.16. The summed E-state index contributed by atoms with van der Waals surface area (Å²) >= 11 is 0. The quantitative estimate of drug-likeness (QED) is 0.492. The maximum atomic E-state index is 12.6. The lowest BCUT2D eigenvalue weighted by molar-refractivity contribution is 0.0954. The summed E-state index contributed by atoms with van der Waals surface area (Å²) < 4.78 is 0. The largest absolute Gasteiger partial charge is 0.507 e. The third-order valence-electron chi connectivity index (χ3n) is 5.56. The molecule has 25 heavy (non-hydrogen) atoms. The molecule has 0 spiro atoms. The first-order valence-corrected chi connectivity index (χ1v) is 8.74. The molecule has 3 heteroatoms. The molecular weight excluding hydrogens is 312 g/mol. The first-order chi connectivity index (χ1) is 12.1. The van der Waals surface area contributed by atoms with Crippen LogP contribution in [0.5, 0.6) is 5.75 Å². The molecule has 0 aliphatic heterocycles. The average Bonchev–Trinajstić information content (AvgIpc) is 3.25. The molecule has 1 N–H and O–H groups in total. The van der Waals surface area contributed by atoms with Gasteiger partial charge < -0.3 is 5.11 Å². The van der Waals surface area contributed by atoms with Gasteiger partial charge in [-0.25, -0.2) is 0 Å². The van der Waals surface area contributed by atoms with E-state index in [1.807, 2.05) is 24.3 Å². The van der Waals surface area contributed by atoms with Crippen LogP contribution in [0.1, 0.15) is 40.0 Å². The molecule has 126 valence electrons. The van der Waals surface area contributed by atoms with Gasteiger partial charge in [0.2, 0.25) is 0 Å². The van der Waals surface area contributed by atoms with Crippen molar-refractivity contribution in [3.05, 3.63) is 65.7 Å². The third-order valence-corrected chi connectivity index (χ3v) is 5.56. The summed E-state index contributed by atoms with van der Waals surface area (Å²) in [7, 11) is 0. The summed E-state index contributed by atoms with van der Waals surface area (Å²) in [4.78, 5) is 23.5. The van der Waals surface area contributed by atoms with E-state index in [1.54, 1.807) is 12.1 Å². The molecule has 0 saturated heterocycles. The lowest BCUT2D eigenvalue weighted by Gasteiger charge is -2.17. The van der Waals surface area contributed by atoms with Crippen LogP contribution in [-0.2, 0) is 0 Å². The molecule has 2 aromatic rings. The van der Waals surface area contributed by atoms with Crippen LogP contribution in [0.3, 0.4) is 0 Å². The Bertz CT molecular complexity index is 848. The van der Waals surface area contributed by atoms with E-state index in [0.29, 0.717) is 30.5 Å². The Morgan fingerprint density at radius 3 is 2.44 bits per heavy atom. The summed E-state index contributed by atoms with van der Waals surface area (Å²) in [5, 5.41) is 9.60. The minimum atomic E-state index is -0.0227. The van der Waals surface area contributed by atoms with E-state index in [9.17, 15) is 14.7 Å². The Balaban J connectivity index is 1.49. The topological polar surface area (TPSA) is 54.4 Å². The van der Waals surface area contributed by atoms with Crippen LogP contribution in [-0.4, -0.2) is 17.2 Å². The Morgan fingerprint density at radius 2 is 1.80 bits per heavy atom. The number of phenols is 1. The summed E-state index contributed by atoms with van der Waals surface area (Å²) in [5.41, 5.74) is 2.77. The molecule has 1 fully saturated rings. The van der Waals surface area contributed by atoms with Gasteiger partial charge in [0.05, 0.1) is 5.56 Å². The van der Waals surface area contributed by atoms with Crippen LogP contribution in [0.4, 0.5) is 0 Å². The number of phenolic OH excluding ortho intramolecular Hbond substituents is 1. The number of hydrogen-bond acceptors (Lipinski definition) is 3. The number of carbonyl (C=O) groups is 2. The number of benzene rings is 2. The minimum Gasteiger partial charge on any atom is -0.507 e. The van der Waals surface area contributed by atoms with E-state index in [2.05, 4.69) is 12.2 Å². The highest BCUT2D eigenvalue weighted by atomic mass is 16.3. The van der Waals surface area contributed by atoms with Gasteiger partial charge in [-0.3, -0.25) is 9.59 Å². The SMILES string of the molecule is O=Cc1cc(-c2ccc(C(=O)CC3CC4C=CC3C4)cc2)ccc1O. The Kier molecular flexibility index (Phi) is 4.00. The zero-order chi connectivity index (χ0) is 17.4. The number of carbonyl (C=O) groups excluding carboxylic acids is 2. The molecule has 3 nitrogen and oxygen atoms in total. The van der Waals surface area contributed by atoms with Crippen molar-refractivity contribution in [3.8, 4) is 16.9 Å². The van der Waals surface area contributed by atoms with Crippen LogP contribution in [0.15, 0.2) is 54.6 Å². The lowest BCUT2D eigenvalue weighted by Crippen LogP contribution is -2.13. The van der Waals surface area contributed by atoms with Crippen LogP contribution in [0.2, 0.25) is 0 Å². The van der Waals surface area contributed by atoms with E-state index in [-0.39, 0.29) is 17.1 Å². The standard InChI is InChI=1S/C22H20O3/c23-13-20-11-18(7-8-21(20)24)15-3-5-16(6-4-15)22(25)12-19-10-14-1-2-17(19)9-14/h1-8,11,13-14,17,19,24H,9-10,12H2. The van der Waals surface area contributed by atoms with E-state index < -0.39 is 0 Å². The van der Waals surface area contributed by atoms with Crippen molar-refractivity contribution in [1.82, 2.24) is 0 Å². The highest BCUT2D eigenvalue weighted by molar-refractivity contribution is 5.96. The second kappa shape index (κ2) is 6.32. The summed E-state index contributed by atoms with van der Waals surface area (Å²) in [5.74, 6) is 1.95. The number of Topliss-reactive ketones (excluding diaryl/α,β-unsaturated/α-hetero) is 1. The molecule has 2 bridgehead atoms. The normalized spacial score (nSPS) is 23.8. The van der Waals surface area contributed by atoms with Crippen molar-refractivity contribution in [1.29, 1.82) is 0 Å². The van der Waals surface area contributed by atoms with E-state index in [1.165, 1.54) is 12.5 Å². The first-order valence-electron chi connectivity index (χ1n) is 8.74. The van der Waals surface area contributed by atoms with Gasteiger partial charge in [0.1, 0.15) is 5.75 Å². The number of fused-ring (bicyclic) bond motifs is 2. The van der Waals surface area contributed by atoms with Gasteiger partial charge >= 0.3 is 0 Å². The van der Waals surface area contributed by atoms with Crippen LogP contribution >= 0.6 is 0 Å². The summed E-state index contributed by atoms with van der Waals surface area (Å²) in [6.07, 6.45) is 8.21. The molecule has 2 aliphatic carbocycles. The number of allylic oxidation sites excluding steroid dienone is 2. The number of aldehydes is 1. The third kappa shape index (κ3) is 3.02. The lowest BCUT2D eigenvalue weighted by atomic mass is 9.87. The van der Waals surface area contributed by atoms with Crippen molar-refractivity contribution in [2.75, 3.05) is 0 Å². The molecule has 2 aromatic carbocycles. The Morgan fingerprint density at radius 1 is 1.04 bits per heavy atom. The average molecular weight is 332 g/mol. The molecule has 0 aromatic heterocycles.